The number of hydrogen-bond donors (Lipinski definition) is 1. The van der Waals surface area contributed by atoms with Crippen LogP contribution >= 0.6 is 23.2 Å². The van der Waals surface area contributed by atoms with Crippen LogP contribution in [-0.2, 0) is 9.53 Å². The summed E-state index contributed by atoms with van der Waals surface area (Å²) in [6.45, 7) is -0.581. The molecule has 1 amide bonds. The van der Waals surface area contributed by atoms with Crippen molar-refractivity contribution in [1.29, 1.82) is 0 Å². The molecule has 1 heterocycles. The number of ether oxygens (including phenoxy) is 1. The van der Waals surface area contributed by atoms with E-state index in [2.05, 4.69) is 10.4 Å². The van der Waals surface area contributed by atoms with Gasteiger partial charge in [0.15, 0.2) is 12.3 Å². The Morgan fingerprint density at radius 2 is 1.59 bits per heavy atom. The molecule has 0 radical (unpaired) electrons. The Labute approximate surface area is 192 Å². The second kappa shape index (κ2) is 9.21. The van der Waals surface area contributed by atoms with E-state index in [9.17, 15) is 14.4 Å². The number of aromatic nitrogens is 2. The highest BCUT2D eigenvalue weighted by Gasteiger charge is 2.20. The maximum absolute atomic E-state index is 12.9. The summed E-state index contributed by atoms with van der Waals surface area (Å²) >= 11 is 12.0. The largest absolute Gasteiger partial charge is 0.451 e. The summed E-state index contributed by atoms with van der Waals surface area (Å²) < 4.78 is 6.30. The van der Waals surface area contributed by atoms with E-state index in [1.807, 2.05) is 0 Å². The highest BCUT2D eigenvalue weighted by Crippen LogP contribution is 2.29. The van der Waals surface area contributed by atoms with Gasteiger partial charge in [-0.3, -0.25) is 9.59 Å². The molecule has 32 heavy (non-hydrogen) atoms. The van der Waals surface area contributed by atoms with Gasteiger partial charge in [0.2, 0.25) is 0 Å². The van der Waals surface area contributed by atoms with E-state index in [1.54, 1.807) is 72.8 Å². The molecule has 0 atom stereocenters. The standard InChI is InChI=1S/C23H15Cl2N3O4/c24-17-11-6-12-18(20(17)25)26-19(29)13-32-23(31)21-15-9-4-5-10-16(15)22(30)28(27-21)14-7-2-1-3-8-14/h1-12H,13H2,(H,26,29). The lowest BCUT2D eigenvalue weighted by atomic mass is 10.1. The van der Waals surface area contributed by atoms with Crippen molar-refractivity contribution in [3.8, 4) is 5.69 Å². The van der Waals surface area contributed by atoms with Crippen LogP contribution < -0.4 is 10.9 Å². The molecular formula is C23H15Cl2N3O4. The first-order valence-electron chi connectivity index (χ1n) is 9.44. The van der Waals surface area contributed by atoms with Crippen molar-refractivity contribution in [2.75, 3.05) is 11.9 Å². The Balaban J connectivity index is 1.61. The predicted molar refractivity (Wildman–Crippen MR) is 123 cm³/mol. The normalized spacial score (nSPS) is 10.7. The Morgan fingerprint density at radius 1 is 0.906 bits per heavy atom. The molecule has 0 aliphatic carbocycles. The molecule has 1 N–H and O–H groups in total. The van der Waals surface area contributed by atoms with Crippen LogP contribution in [0.25, 0.3) is 16.5 Å². The predicted octanol–water partition coefficient (Wildman–Crippen LogP) is 4.49. The van der Waals surface area contributed by atoms with Gasteiger partial charge in [-0.1, -0.05) is 65.7 Å². The average Bonchev–Trinajstić information content (AvgIpc) is 2.81. The van der Waals surface area contributed by atoms with Gasteiger partial charge in [0.05, 0.1) is 26.8 Å². The Kier molecular flexibility index (Phi) is 6.20. The summed E-state index contributed by atoms with van der Waals surface area (Å²) in [7, 11) is 0. The Morgan fingerprint density at radius 3 is 2.34 bits per heavy atom. The van der Waals surface area contributed by atoms with Crippen molar-refractivity contribution in [3.63, 3.8) is 0 Å². The fourth-order valence-corrected chi connectivity index (χ4v) is 3.42. The highest BCUT2D eigenvalue weighted by atomic mass is 35.5. The highest BCUT2D eigenvalue weighted by molar-refractivity contribution is 6.44. The number of nitrogens with zero attached hydrogens (tertiary/aromatic N) is 2. The van der Waals surface area contributed by atoms with Gasteiger partial charge in [-0.05, 0) is 30.3 Å². The zero-order chi connectivity index (χ0) is 22.7. The zero-order valence-corrected chi connectivity index (χ0v) is 17.9. The molecule has 0 bridgehead atoms. The monoisotopic (exact) mass is 467 g/mol. The molecule has 0 aliphatic rings. The summed E-state index contributed by atoms with van der Waals surface area (Å²) in [4.78, 5) is 37.9. The van der Waals surface area contributed by atoms with Crippen LogP contribution in [-0.4, -0.2) is 28.3 Å². The smallest absolute Gasteiger partial charge is 0.359 e. The van der Waals surface area contributed by atoms with Gasteiger partial charge in [0, 0.05) is 5.39 Å². The molecule has 4 aromatic rings. The minimum atomic E-state index is -0.849. The Bertz CT molecular complexity index is 1390. The lowest BCUT2D eigenvalue weighted by Gasteiger charge is -2.11. The van der Waals surface area contributed by atoms with Crippen molar-refractivity contribution in [2.24, 2.45) is 0 Å². The number of anilines is 1. The molecule has 7 nitrogen and oxygen atoms in total. The number of para-hydroxylation sites is 1. The number of carbonyl (C=O) groups excluding carboxylic acids is 2. The topological polar surface area (TPSA) is 90.3 Å². The van der Waals surface area contributed by atoms with Crippen molar-refractivity contribution in [2.45, 2.75) is 0 Å². The van der Waals surface area contributed by atoms with Gasteiger partial charge in [-0.2, -0.15) is 9.78 Å². The quantitative estimate of drug-likeness (QED) is 0.436. The van der Waals surface area contributed by atoms with Crippen LogP contribution in [0.4, 0.5) is 5.69 Å². The maximum Gasteiger partial charge on any atom is 0.359 e. The number of hydrogen-bond acceptors (Lipinski definition) is 5. The summed E-state index contributed by atoms with van der Waals surface area (Å²) in [5, 5.41) is 7.83. The number of halogens is 2. The number of nitrogens with one attached hydrogen (secondary N) is 1. The SMILES string of the molecule is O=C(COC(=O)c1nn(-c2ccccc2)c(=O)c2ccccc12)Nc1cccc(Cl)c1Cl. The van der Waals surface area contributed by atoms with Crippen molar-refractivity contribution >= 4 is 51.5 Å². The molecule has 0 unspecified atom stereocenters. The molecule has 0 aliphatic heterocycles. The van der Waals surface area contributed by atoms with Crippen LogP contribution in [0.15, 0.2) is 77.6 Å². The van der Waals surface area contributed by atoms with E-state index in [1.165, 1.54) is 0 Å². The van der Waals surface area contributed by atoms with E-state index in [0.29, 0.717) is 22.1 Å². The second-order valence-electron chi connectivity index (χ2n) is 6.67. The fourth-order valence-electron chi connectivity index (χ4n) is 3.07. The lowest BCUT2D eigenvalue weighted by molar-refractivity contribution is -0.119. The first-order chi connectivity index (χ1) is 15.5. The van der Waals surface area contributed by atoms with Crippen LogP contribution in [0, 0.1) is 0 Å². The first-order valence-corrected chi connectivity index (χ1v) is 10.2. The van der Waals surface area contributed by atoms with E-state index in [-0.39, 0.29) is 21.3 Å². The molecule has 9 heteroatoms. The van der Waals surface area contributed by atoms with Crippen molar-refractivity contribution < 1.29 is 14.3 Å². The molecule has 0 spiro atoms. The van der Waals surface area contributed by atoms with Gasteiger partial charge in [0.1, 0.15) is 0 Å². The van der Waals surface area contributed by atoms with Crippen molar-refractivity contribution in [3.05, 3.63) is 98.9 Å². The molecule has 3 aromatic carbocycles. The molecule has 0 fully saturated rings. The van der Waals surface area contributed by atoms with E-state index in [4.69, 9.17) is 27.9 Å². The Hall–Kier alpha value is -3.68. The number of rotatable bonds is 5. The molecule has 4 rings (SSSR count). The van der Waals surface area contributed by atoms with E-state index in [0.717, 1.165) is 4.68 Å². The van der Waals surface area contributed by atoms with Gasteiger partial charge >= 0.3 is 5.97 Å². The second-order valence-corrected chi connectivity index (χ2v) is 7.46. The third-order valence-corrected chi connectivity index (χ3v) is 5.38. The zero-order valence-electron chi connectivity index (χ0n) is 16.4. The van der Waals surface area contributed by atoms with Crippen LogP contribution in [0.5, 0.6) is 0 Å². The van der Waals surface area contributed by atoms with Crippen molar-refractivity contribution in [1.82, 2.24) is 9.78 Å². The van der Waals surface area contributed by atoms with Gasteiger partial charge in [0.25, 0.3) is 11.5 Å². The van der Waals surface area contributed by atoms with Crippen LogP contribution in [0.2, 0.25) is 10.0 Å². The number of benzene rings is 3. The molecule has 160 valence electrons. The van der Waals surface area contributed by atoms with E-state index >= 15 is 0 Å². The molecule has 1 aromatic heterocycles. The average molecular weight is 468 g/mol. The van der Waals surface area contributed by atoms with Crippen LogP contribution in [0.1, 0.15) is 10.5 Å². The van der Waals surface area contributed by atoms with Gasteiger partial charge < -0.3 is 10.1 Å². The minimum Gasteiger partial charge on any atom is -0.451 e. The summed E-state index contributed by atoms with van der Waals surface area (Å²) in [5.41, 5.74) is 0.321. The minimum absolute atomic E-state index is 0.0855. The summed E-state index contributed by atoms with van der Waals surface area (Å²) in [6, 6.07) is 20.0. The van der Waals surface area contributed by atoms with E-state index < -0.39 is 18.5 Å². The number of carbonyl (C=O) groups is 2. The van der Waals surface area contributed by atoms with Gasteiger partial charge in [-0.25, -0.2) is 4.79 Å². The fraction of sp³-hybridized carbons (Fsp3) is 0.0435. The third-order valence-electron chi connectivity index (χ3n) is 4.56. The molecule has 0 saturated carbocycles. The molecule has 0 saturated heterocycles. The lowest BCUT2D eigenvalue weighted by Crippen LogP contribution is -2.26. The summed E-state index contributed by atoms with van der Waals surface area (Å²) in [6.07, 6.45) is 0. The number of amides is 1. The third kappa shape index (κ3) is 4.34. The summed E-state index contributed by atoms with van der Waals surface area (Å²) in [5.74, 6) is -1.46. The molecular weight excluding hydrogens is 453 g/mol. The van der Waals surface area contributed by atoms with Crippen LogP contribution in [0.3, 0.4) is 0 Å². The number of fused-ring (bicyclic) bond motifs is 1. The number of esters is 1. The maximum atomic E-state index is 12.9. The van der Waals surface area contributed by atoms with Gasteiger partial charge in [-0.15, -0.1) is 0 Å². The first kappa shape index (κ1) is 21.5.